The first-order valence-electron chi connectivity index (χ1n) is 1.88. The molecule has 0 aromatic rings. The van der Waals surface area contributed by atoms with E-state index < -0.39 is 11.9 Å². The topological polar surface area (TPSA) is 58.2 Å². The van der Waals surface area contributed by atoms with Gasteiger partial charge in [0.2, 0.25) is 5.91 Å². The van der Waals surface area contributed by atoms with Crippen LogP contribution < -0.4 is 10.0 Å². The summed E-state index contributed by atoms with van der Waals surface area (Å²) in [4.78, 5) is 20.1. The average molecular weight is 134 g/mol. The fourth-order valence-corrected chi connectivity index (χ4v) is 0.244. The number of amides is 3. The van der Waals surface area contributed by atoms with Gasteiger partial charge in [-0.05, 0) is 0 Å². The molecule has 4 nitrogen and oxygen atoms in total. The molecule has 0 aromatic heterocycles. The number of thiol groups is 1. The van der Waals surface area contributed by atoms with Gasteiger partial charge in [0, 0.05) is 6.92 Å². The Morgan fingerprint density at radius 1 is 1.50 bits per heavy atom. The van der Waals surface area contributed by atoms with Crippen LogP contribution in [0.2, 0.25) is 0 Å². The van der Waals surface area contributed by atoms with Gasteiger partial charge in [0.15, 0.2) is 0 Å². The molecule has 0 saturated heterocycles. The van der Waals surface area contributed by atoms with Gasteiger partial charge in [-0.25, -0.2) is 4.79 Å². The minimum absolute atomic E-state index is 0.406. The lowest BCUT2D eigenvalue weighted by molar-refractivity contribution is -0.117. The highest BCUT2D eigenvalue weighted by atomic mass is 32.1. The normalized spacial score (nSPS) is 7.75. The number of hydrogen-bond donors (Lipinski definition) is 3. The van der Waals surface area contributed by atoms with Crippen LogP contribution in [0, 0.1) is 0 Å². The van der Waals surface area contributed by atoms with E-state index >= 15 is 0 Å². The van der Waals surface area contributed by atoms with Gasteiger partial charge in [-0.2, -0.15) is 0 Å². The summed E-state index contributed by atoms with van der Waals surface area (Å²) >= 11 is 3.38. The third-order valence-electron chi connectivity index (χ3n) is 0.391. The van der Waals surface area contributed by atoms with Gasteiger partial charge in [-0.15, -0.1) is 0 Å². The van der Waals surface area contributed by atoms with Crippen molar-refractivity contribution in [2.45, 2.75) is 6.92 Å². The molecule has 0 saturated carbocycles. The minimum atomic E-state index is -0.610. The fourth-order valence-electron chi connectivity index (χ4n) is 0.188. The Hall–Kier alpha value is -0.710. The highest BCUT2D eigenvalue weighted by Crippen LogP contribution is 1.65. The molecule has 46 valence electrons. The van der Waals surface area contributed by atoms with E-state index in [2.05, 4.69) is 12.8 Å². The summed E-state index contributed by atoms with van der Waals surface area (Å²) in [6.45, 7) is 1.24. The first kappa shape index (κ1) is 7.29. The summed E-state index contributed by atoms with van der Waals surface area (Å²) in [5.41, 5.74) is 0. The molecular formula is C3H6N2O2S. The Kier molecular flexibility index (Phi) is 3.02. The van der Waals surface area contributed by atoms with E-state index in [1.54, 1.807) is 0 Å². The van der Waals surface area contributed by atoms with Gasteiger partial charge in [0.25, 0.3) is 0 Å². The molecular weight excluding hydrogens is 128 g/mol. The molecule has 0 aliphatic rings. The summed E-state index contributed by atoms with van der Waals surface area (Å²) in [6, 6.07) is -0.610. The molecule has 0 spiro atoms. The molecule has 0 unspecified atom stereocenters. The van der Waals surface area contributed by atoms with Crippen molar-refractivity contribution in [3.63, 3.8) is 0 Å². The maximum atomic E-state index is 10.1. The molecule has 0 radical (unpaired) electrons. The average Bonchev–Trinajstić information content (AvgIpc) is 1.65. The van der Waals surface area contributed by atoms with Crippen molar-refractivity contribution in [3.8, 4) is 0 Å². The Labute approximate surface area is 52.2 Å². The summed E-state index contributed by atoms with van der Waals surface area (Å²) < 4.78 is 1.92. The van der Waals surface area contributed by atoms with Crippen LogP contribution in [0.3, 0.4) is 0 Å². The monoisotopic (exact) mass is 134 g/mol. The highest BCUT2D eigenvalue weighted by molar-refractivity contribution is 7.78. The minimum Gasteiger partial charge on any atom is -0.284 e. The predicted molar refractivity (Wildman–Crippen MR) is 31.3 cm³/mol. The lowest BCUT2D eigenvalue weighted by Crippen LogP contribution is -2.33. The standard InChI is InChI=1S/C3H6N2O2S/c1-2(6)4-3(7)5-8/h8H,1H3,(H2,4,5,6,7). The van der Waals surface area contributed by atoms with Crippen LogP contribution in [0.25, 0.3) is 0 Å². The summed E-state index contributed by atoms with van der Waals surface area (Å²) in [6.07, 6.45) is 0. The molecule has 0 aromatic carbocycles. The van der Waals surface area contributed by atoms with Crippen LogP contribution in [0.4, 0.5) is 4.79 Å². The Morgan fingerprint density at radius 2 is 2.00 bits per heavy atom. The van der Waals surface area contributed by atoms with Crippen molar-refractivity contribution in [1.82, 2.24) is 10.0 Å². The van der Waals surface area contributed by atoms with Gasteiger partial charge in [-0.1, -0.05) is 12.8 Å². The molecule has 5 heteroatoms. The van der Waals surface area contributed by atoms with E-state index in [0.717, 1.165) is 0 Å². The van der Waals surface area contributed by atoms with Crippen molar-refractivity contribution in [2.24, 2.45) is 0 Å². The summed E-state index contributed by atoms with van der Waals surface area (Å²) in [5, 5.41) is 1.93. The molecule has 0 heterocycles. The van der Waals surface area contributed by atoms with Crippen molar-refractivity contribution in [2.75, 3.05) is 0 Å². The summed E-state index contributed by atoms with van der Waals surface area (Å²) in [7, 11) is 0. The van der Waals surface area contributed by atoms with Crippen LogP contribution >= 0.6 is 12.8 Å². The number of hydrogen-bond acceptors (Lipinski definition) is 3. The van der Waals surface area contributed by atoms with E-state index in [0.29, 0.717) is 0 Å². The first-order valence-corrected chi connectivity index (χ1v) is 2.33. The second kappa shape index (κ2) is 3.31. The molecule has 0 bridgehead atoms. The molecule has 2 N–H and O–H groups in total. The molecule has 8 heavy (non-hydrogen) atoms. The van der Waals surface area contributed by atoms with Crippen LogP contribution in [0.15, 0.2) is 0 Å². The van der Waals surface area contributed by atoms with Gasteiger partial charge < -0.3 is 0 Å². The quantitative estimate of drug-likeness (QED) is 0.397. The number of nitrogens with one attached hydrogen (secondary N) is 2. The maximum Gasteiger partial charge on any atom is 0.331 e. The van der Waals surface area contributed by atoms with Crippen molar-refractivity contribution in [1.29, 1.82) is 0 Å². The molecule has 0 aliphatic heterocycles. The molecule has 3 amide bonds. The van der Waals surface area contributed by atoms with Gasteiger partial charge in [0.05, 0.1) is 0 Å². The maximum absolute atomic E-state index is 10.1. The van der Waals surface area contributed by atoms with Crippen LogP contribution in [0.5, 0.6) is 0 Å². The van der Waals surface area contributed by atoms with Gasteiger partial charge in [0.1, 0.15) is 0 Å². The lowest BCUT2D eigenvalue weighted by atomic mass is 10.7. The van der Waals surface area contributed by atoms with E-state index in [-0.39, 0.29) is 0 Å². The Morgan fingerprint density at radius 3 is 2.12 bits per heavy atom. The second-order valence-corrected chi connectivity index (χ2v) is 1.35. The Balaban J connectivity index is 3.40. The van der Waals surface area contributed by atoms with Crippen molar-refractivity contribution < 1.29 is 9.59 Å². The highest BCUT2D eigenvalue weighted by Gasteiger charge is 1.96. The largest absolute Gasteiger partial charge is 0.331 e. The third kappa shape index (κ3) is 3.48. The molecule has 0 atom stereocenters. The molecule has 0 rings (SSSR count). The number of urea groups is 1. The molecule has 0 fully saturated rings. The van der Waals surface area contributed by atoms with Crippen LogP contribution in [0.1, 0.15) is 6.92 Å². The fraction of sp³-hybridized carbons (Fsp3) is 0.333. The van der Waals surface area contributed by atoms with Crippen LogP contribution in [-0.4, -0.2) is 11.9 Å². The zero-order chi connectivity index (χ0) is 6.57. The summed E-state index contributed by atoms with van der Waals surface area (Å²) in [5.74, 6) is -0.406. The van der Waals surface area contributed by atoms with E-state index in [1.165, 1.54) is 6.92 Å². The van der Waals surface area contributed by atoms with Gasteiger partial charge >= 0.3 is 6.03 Å². The van der Waals surface area contributed by atoms with E-state index in [9.17, 15) is 9.59 Å². The zero-order valence-electron chi connectivity index (χ0n) is 4.26. The number of carbonyl (C=O) groups is 2. The second-order valence-electron chi connectivity index (χ2n) is 1.12. The number of carbonyl (C=O) groups excluding carboxylic acids is 2. The van der Waals surface area contributed by atoms with Crippen molar-refractivity contribution in [3.05, 3.63) is 0 Å². The van der Waals surface area contributed by atoms with Gasteiger partial charge in [-0.3, -0.25) is 14.8 Å². The lowest BCUT2D eigenvalue weighted by Gasteiger charge is -1.94. The third-order valence-corrected chi connectivity index (χ3v) is 0.594. The van der Waals surface area contributed by atoms with Crippen molar-refractivity contribution >= 4 is 24.8 Å². The zero-order valence-corrected chi connectivity index (χ0v) is 5.16. The van der Waals surface area contributed by atoms with E-state index in [4.69, 9.17) is 0 Å². The smallest absolute Gasteiger partial charge is 0.284 e. The first-order chi connectivity index (χ1) is 3.66. The predicted octanol–water partition coefficient (Wildman–Crippen LogP) is -0.323. The number of imide groups is 1. The van der Waals surface area contributed by atoms with Crippen LogP contribution in [-0.2, 0) is 4.79 Å². The van der Waals surface area contributed by atoms with E-state index in [1.807, 2.05) is 10.0 Å². The SMILES string of the molecule is CC(=O)NC(=O)NS. The molecule has 0 aliphatic carbocycles. The Bertz CT molecular complexity index is 114. The number of rotatable bonds is 0.